The quantitative estimate of drug-likeness (QED) is 0.896. The van der Waals surface area contributed by atoms with Crippen molar-refractivity contribution in [3.8, 4) is 0 Å². The van der Waals surface area contributed by atoms with Gasteiger partial charge in [-0.3, -0.25) is 0 Å². The summed E-state index contributed by atoms with van der Waals surface area (Å²) in [6.45, 7) is 3.91. The van der Waals surface area contributed by atoms with Crippen molar-refractivity contribution in [2.24, 2.45) is 5.92 Å². The van der Waals surface area contributed by atoms with Gasteiger partial charge in [-0.25, -0.2) is 4.39 Å². The first-order valence-corrected chi connectivity index (χ1v) is 7.21. The van der Waals surface area contributed by atoms with Crippen LogP contribution in [0.4, 0.5) is 10.1 Å². The molecule has 0 aromatic heterocycles. The molecule has 19 heavy (non-hydrogen) atoms. The lowest BCUT2D eigenvalue weighted by molar-refractivity contribution is 0.199. The molecule has 3 unspecified atom stereocenters. The summed E-state index contributed by atoms with van der Waals surface area (Å²) in [6.07, 6.45) is 4.25. The van der Waals surface area contributed by atoms with Crippen molar-refractivity contribution in [1.82, 2.24) is 0 Å². The largest absolute Gasteiger partial charge is 0.389 e. The van der Waals surface area contributed by atoms with Gasteiger partial charge in [0.25, 0.3) is 0 Å². The summed E-state index contributed by atoms with van der Waals surface area (Å²) in [7, 11) is 1.98. The molecule has 0 amide bonds. The third kappa shape index (κ3) is 3.08. The Morgan fingerprint density at radius 1 is 1.32 bits per heavy atom. The van der Waals surface area contributed by atoms with Gasteiger partial charge in [-0.1, -0.05) is 25.8 Å². The van der Waals surface area contributed by atoms with Gasteiger partial charge >= 0.3 is 0 Å². The van der Waals surface area contributed by atoms with E-state index in [1.54, 1.807) is 13.0 Å². The second-order valence-corrected chi connectivity index (χ2v) is 5.83. The third-order valence-corrected chi connectivity index (χ3v) is 4.40. The van der Waals surface area contributed by atoms with Gasteiger partial charge in [-0.2, -0.15) is 0 Å². The lowest BCUT2D eigenvalue weighted by Gasteiger charge is -2.37. The highest BCUT2D eigenvalue weighted by molar-refractivity contribution is 5.50. The summed E-state index contributed by atoms with van der Waals surface area (Å²) >= 11 is 0. The second-order valence-electron chi connectivity index (χ2n) is 5.83. The van der Waals surface area contributed by atoms with Crippen LogP contribution >= 0.6 is 0 Å². The maximum Gasteiger partial charge on any atom is 0.146 e. The molecule has 1 fully saturated rings. The maximum atomic E-state index is 14.2. The predicted octanol–water partition coefficient (Wildman–Crippen LogP) is 3.89. The van der Waals surface area contributed by atoms with Gasteiger partial charge in [0.05, 0.1) is 11.8 Å². The van der Waals surface area contributed by atoms with Crippen molar-refractivity contribution < 1.29 is 9.50 Å². The Morgan fingerprint density at radius 3 is 2.58 bits per heavy atom. The van der Waals surface area contributed by atoms with E-state index in [-0.39, 0.29) is 5.82 Å². The van der Waals surface area contributed by atoms with Gasteiger partial charge in [0, 0.05) is 13.1 Å². The Hall–Kier alpha value is -1.09. The normalized spacial score (nSPS) is 25.1. The number of hydrogen-bond donors (Lipinski definition) is 1. The van der Waals surface area contributed by atoms with Crippen molar-refractivity contribution in [3.05, 3.63) is 29.6 Å². The molecular formula is C16H24FNO. The fraction of sp³-hybridized carbons (Fsp3) is 0.625. The third-order valence-electron chi connectivity index (χ3n) is 4.40. The highest BCUT2D eigenvalue weighted by Gasteiger charge is 2.26. The molecule has 1 saturated carbocycles. The van der Waals surface area contributed by atoms with Gasteiger partial charge in [0.2, 0.25) is 0 Å². The Kier molecular flexibility index (Phi) is 4.46. The number of anilines is 1. The molecule has 3 atom stereocenters. The fourth-order valence-corrected chi connectivity index (χ4v) is 3.12. The van der Waals surface area contributed by atoms with Crippen molar-refractivity contribution in [3.63, 3.8) is 0 Å². The van der Waals surface area contributed by atoms with E-state index in [4.69, 9.17) is 0 Å². The summed E-state index contributed by atoms with van der Waals surface area (Å²) in [5, 5.41) is 9.49. The zero-order valence-electron chi connectivity index (χ0n) is 12.1. The standard InChI is InChI=1S/C16H24FNO/c1-11-6-4-5-7-15(11)18(3)16-9-8-13(12(2)19)10-14(16)17/h8-12,15,19H,4-7H2,1-3H3. The Morgan fingerprint density at radius 2 is 2.00 bits per heavy atom. The van der Waals surface area contributed by atoms with E-state index in [1.165, 1.54) is 25.3 Å². The molecule has 0 heterocycles. The molecule has 1 aliphatic rings. The molecule has 0 aliphatic heterocycles. The highest BCUT2D eigenvalue weighted by Crippen LogP contribution is 2.32. The SMILES string of the molecule is CC(O)c1ccc(N(C)C2CCCCC2C)c(F)c1. The molecule has 2 nitrogen and oxygen atoms in total. The van der Waals surface area contributed by atoms with Crippen molar-refractivity contribution in [2.45, 2.75) is 51.7 Å². The van der Waals surface area contributed by atoms with E-state index >= 15 is 0 Å². The number of nitrogens with zero attached hydrogens (tertiary/aromatic N) is 1. The zero-order chi connectivity index (χ0) is 14.0. The first kappa shape index (κ1) is 14.3. The number of benzene rings is 1. The van der Waals surface area contributed by atoms with Crippen LogP contribution in [0.3, 0.4) is 0 Å². The second kappa shape index (κ2) is 5.91. The first-order chi connectivity index (χ1) is 9.00. The van der Waals surface area contributed by atoms with Gasteiger partial charge in [0.1, 0.15) is 5.82 Å². The predicted molar refractivity (Wildman–Crippen MR) is 76.9 cm³/mol. The van der Waals surface area contributed by atoms with Crippen LogP contribution in [-0.2, 0) is 0 Å². The molecule has 1 aliphatic carbocycles. The van der Waals surface area contributed by atoms with Crippen LogP contribution in [0.1, 0.15) is 51.2 Å². The Balaban J connectivity index is 2.21. The highest BCUT2D eigenvalue weighted by atomic mass is 19.1. The van der Waals surface area contributed by atoms with Gasteiger partial charge in [-0.05, 0) is 43.4 Å². The molecule has 1 aromatic carbocycles. The number of aliphatic hydroxyl groups excluding tert-OH is 1. The van der Waals surface area contributed by atoms with Crippen LogP contribution in [0.5, 0.6) is 0 Å². The summed E-state index contributed by atoms with van der Waals surface area (Å²) in [6, 6.07) is 5.47. The maximum absolute atomic E-state index is 14.2. The summed E-state index contributed by atoms with van der Waals surface area (Å²) in [5.41, 5.74) is 1.27. The summed E-state index contributed by atoms with van der Waals surface area (Å²) < 4.78 is 14.2. The van der Waals surface area contributed by atoms with Gasteiger partial charge < -0.3 is 10.0 Å². The van der Waals surface area contributed by atoms with E-state index in [0.717, 1.165) is 6.42 Å². The average Bonchev–Trinajstić information content (AvgIpc) is 2.38. The smallest absolute Gasteiger partial charge is 0.146 e. The number of halogens is 1. The van der Waals surface area contributed by atoms with Crippen molar-refractivity contribution in [2.75, 3.05) is 11.9 Å². The molecule has 3 heteroatoms. The van der Waals surface area contributed by atoms with Gasteiger partial charge in [-0.15, -0.1) is 0 Å². The van der Waals surface area contributed by atoms with Gasteiger partial charge in [0.15, 0.2) is 0 Å². The first-order valence-electron chi connectivity index (χ1n) is 7.21. The molecule has 0 radical (unpaired) electrons. The topological polar surface area (TPSA) is 23.5 Å². The summed E-state index contributed by atoms with van der Waals surface area (Å²) in [5.74, 6) is 0.369. The van der Waals surface area contributed by atoms with Crippen LogP contribution in [0.25, 0.3) is 0 Å². The zero-order valence-corrected chi connectivity index (χ0v) is 12.1. The lowest BCUT2D eigenvalue weighted by Crippen LogP contribution is -2.39. The van der Waals surface area contributed by atoms with E-state index in [1.807, 2.05) is 13.1 Å². The van der Waals surface area contributed by atoms with Crippen LogP contribution in [0.2, 0.25) is 0 Å². The van der Waals surface area contributed by atoms with Crippen molar-refractivity contribution >= 4 is 5.69 Å². The van der Waals surface area contributed by atoms with Crippen molar-refractivity contribution in [1.29, 1.82) is 0 Å². The van der Waals surface area contributed by atoms with Crippen LogP contribution in [-0.4, -0.2) is 18.2 Å². The van der Waals surface area contributed by atoms with E-state index in [0.29, 0.717) is 23.2 Å². The molecular weight excluding hydrogens is 241 g/mol. The minimum absolute atomic E-state index is 0.237. The molecule has 2 rings (SSSR count). The monoisotopic (exact) mass is 265 g/mol. The molecule has 0 saturated heterocycles. The van der Waals surface area contributed by atoms with E-state index in [9.17, 15) is 9.50 Å². The molecule has 106 valence electrons. The lowest BCUT2D eigenvalue weighted by atomic mass is 9.85. The minimum atomic E-state index is -0.623. The minimum Gasteiger partial charge on any atom is -0.389 e. The molecule has 1 N–H and O–H groups in total. The van der Waals surface area contributed by atoms with Crippen LogP contribution in [0.15, 0.2) is 18.2 Å². The summed E-state index contributed by atoms with van der Waals surface area (Å²) in [4.78, 5) is 2.07. The average molecular weight is 265 g/mol. The van der Waals surface area contributed by atoms with Crippen LogP contribution < -0.4 is 4.90 Å². The molecule has 0 spiro atoms. The molecule has 0 bridgehead atoms. The Bertz CT molecular complexity index is 433. The van der Waals surface area contributed by atoms with Crippen LogP contribution in [0, 0.1) is 11.7 Å². The number of rotatable bonds is 3. The number of hydrogen-bond acceptors (Lipinski definition) is 2. The fourth-order valence-electron chi connectivity index (χ4n) is 3.12. The Labute approximate surface area is 115 Å². The number of aliphatic hydroxyl groups is 1. The van der Waals surface area contributed by atoms with E-state index in [2.05, 4.69) is 11.8 Å². The molecule has 1 aromatic rings. The van der Waals surface area contributed by atoms with E-state index < -0.39 is 6.10 Å².